The third-order valence-electron chi connectivity index (χ3n) is 8.32. The first-order valence-corrected chi connectivity index (χ1v) is 19.1. The van der Waals surface area contributed by atoms with Crippen LogP contribution in [-0.4, -0.2) is 82.7 Å². The topological polar surface area (TPSA) is 112 Å². The van der Waals surface area contributed by atoms with Crippen LogP contribution in [0.15, 0.2) is 54.6 Å². The van der Waals surface area contributed by atoms with Gasteiger partial charge in [0.25, 0.3) is 0 Å². The fourth-order valence-corrected chi connectivity index (χ4v) is 6.97. The number of esters is 1. The highest BCUT2D eigenvalue weighted by atomic mass is 32.2. The highest BCUT2D eigenvalue weighted by Crippen LogP contribution is 2.39. The average Bonchev–Trinajstić information content (AvgIpc) is 3.30. The molecular formula is C31H46N2O8SSi. The van der Waals surface area contributed by atoms with Crippen LogP contribution in [0.3, 0.4) is 0 Å². The maximum atomic E-state index is 13.8. The van der Waals surface area contributed by atoms with Crippen LogP contribution < -0.4 is 4.74 Å². The van der Waals surface area contributed by atoms with Gasteiger partial charge in [0.1, 0.15) is 19.0 Å². The number of hydrogen-bond acceptors (Lipinski definition) is 8. The minimum Gasteiger partial charge on any atom is -0.497 e. The lowest BCUT2D eigenvalue weighted by atomic mass is 10.1. The highest BCUT2D eigenvalue weighted by Gasteiger charge is 2.50. The fraction of sp³-hybridized carbons (Fsp3) is 0.548. The van der Waals surface area contributed by atoms with E-state index in [1.54, 1.807) is 19.2 Å². The molecule has 238 valence electrons. The molecule has 1 aliphatic heterocycles. The van der Waals surface area contributed by atoms with Crippen molar-refractivity contribution in [1.82, 2.24) is 9.21 Å². The standard InChI is InChI=1S/C31H46N2O8SSi/c1-23(34)39-21-26-18-28(32(42(6,36)37)19-24-14-16-27(38-5)17-15-24)29(22-41-43(7,8)31(2,3)4)33(26)30(35)40-20-25-12-10-9-11-13-25/h9-17,26,28-29H,18-22H2,1-8H3/t26-,28?,29?/m0/s1. The number of sulfonamides is 1. The molecule has 0 aromatic heterocycles. The van der Waals surface area contributed by atoms with Gasteiger partial charge >= 0.3 is 12.1 Å². The van der Waals surface area contributed by atoms with Gasteiger partial charge in [-0.2, -0.15) is 4.31 Å². The fourth-order valence-electron chi connectivity index (χ4n) is 4.85. The molecule has 0 bridgehead atoms. The Labute approximate surface area is 257 Å². The number of amides is 1. The highest BCUT2D eigenvalue weighted by molar-refractivity contribution is 7.88. The summed E-state index contributed by atoms with van der Waals surface area (Å²) < 4.78 is 51.1. The van der Waals surface area contributed by atoms with Gasteiger partial charge < -0.3 is 18.6 Å². The smallest absolute Gasteiger partial charge is 0.410 e. The summed E-state index contributed by atoms with van der Waals surface area (Å²) in [5.41, 5.74) is 1.58. The van der Waals surface area contributed by atoms with Crippen molar-refractivity contribution in [1.29, 1.82) is 0 Å². The Balaban J connectivity index is 2.02. The van der Waals surface area contributed by atoms with Gasteiger partial charge in [-0.1, -0.05) is 63.2 Å². The molecule has 43 heavy (non-hydrogen) atoms. The third-order valence-corrected chi connectivity index (χ3v) is 14.1. The zero-order valence-corrected chi connectivity index (χ0v) is 28.3. The number of rotatable bonds is 12. The van der Waals surface area contributed by atoms with Crippen molar-refractivity contribution < 1.29 is 36.6 Å². The van der Waals surface area contributed by atoms with Gasteiger partial charge in [-0.3, -0.25) is 9.69 Å². The van der Waals surface area contributed by atoms with E-state index in [1.165, 1.54) is 22.4 Å². The van der Waals surface area contributed by atoms with Crippen molar-refractivity contribution in [3.05, 3.63) is 65.7 Å². The molecule has 0 saturated carbocycles. The molecule has 0 N–H and O–H groups in total. The van der Waals surface area contributed by atoms with E-state index < -0.39 is 48.5 Å². The Morgan fingerprint density at radius 1 is 0.977 bits per heavy atom. The van der Waals surface area contributed by atoms with Crippen LogP contribution in [0.4, 0.5) is 4.79 Å². The molecule has 3 rings (SSSR count). The van der Waals surface area contributed by atoms with Crippen LogP contribution in [0.25, 0.3) is 0 Å². The van der Waals surface area contributed by atoms with Gasteiger partial charge in [-0.05, 0) is 47.8 Å². The summed E-state index contributed by atoms with van der Waals surface area (Å²) in [6.45, 7) is 12.0. The number of carbonyl (C=O) groups excluding carboxylic acids is 2. The second-order valence-corrected chi connectivity index (χ2v) is 19.2. The maximum Gasteiger partial charge on any atom is 0.410 e. The lowest BCUT2D eigenvalue weighted by Gasteiger charge is -2.40. The van der Waals surface area contributed by atoms with E-state index in [2.05, 4.69) is 33.9 Å². The molecule has 2 aromatic carbocycles. The predicted molar refractivity (Wildman–Crippen MR) is 168 cm³/mol. The maximum absolute atomic E-state index is 13.8. The number of likely N-dealkylation sites (tertiary alicyclic amines) is 1. The molecule has 1 amide bonds. The molecule has 12 heteroatoms. The summed E-state index contributed by atoms with van der Waals surface area (Å²) in [5.74, 6) is 0.165. The summed E-state index contributed by atoms with van der Waals surface area (Å²) in [6, 6.07) is 14.5. The molecule has 1 saturated heterocycles. The van der Waals surface area contributed by atoms with Gasteiger partial charge in [0, 0.05) is 13.5 Å². The van der Waals surface area contributed by atoms with E-state index in [1.807, 2.05) is 42.5 Å². The monoisotopic (exact) mass is 634 g/mol. The van der Waals surface area contributed by atoms with Crippen LogP contribution in [0, 0.1) is 0 Å². The average molecular weight is 635 g/mol. The van der Waals surface area contributed by atoms with Gasteiger partial charge in [0.15, 0.2) is 8.32 Å². The van der Waals surface area contributed by atoms with Gasteiger partial charge in [0.2, 0.25) is 10.0 Å². The van der Waals surface area contributed by atoms with Crippen LogP contribution in [0.5, 0.6) is 5.75 Å². The second kappa shape index (κ2) is 14.2. The van der Waals surface area contributed by atoms with Crippen molar-refractivity contribution in [3.8, 4) is 5.75 Å². The molecule has 1 aliphatic rings. The van der Waals surface area contributed by atoms with E-state index in [4.69, 9.17) is 18.6 Å². The zero-order valence-electron chi connectivity index (χ0n) is 26.5. The minimum absolute atomic E-state index is 0.0403. The first-order valence-electron chi connectivity index (χ1n) is 14.4. The van der Waals surface area contributed by atoms with Crippen molar-refractivity contribution in [2.75, 3.05) is 26.6 Å². The van der Waals surface area contributed by atoms with Crippen molar-refractivity contribution in [2.45, 2.75) is 83.5 Å². The van der Waals surface area contributed by atoms with Gasteiger partial charge in [0.05, 0.1) is 38.1 Å². The third kappa shape index (κ3) is 9.28. The van der Waals surface area contributed by atoms with Crippen LogP contribution in [-0.2, 0) is 41.9 Å². The minimum atomic E-state index is -3.77. The van der Waals surface area contributed by atoms with Crippen LogP contribution >= 0.6 is 0 Å². The number of methoxy groups -OCH3 is 1. The van der Waals surface area contributed by atoms with E-state index in [-0.39, 0.29) is 37.8 Å². The number of hydrogen-bond donors (Lipinski definition) is 0. The number of carbonyl (C=O) groups is 2. The van der Waals surface area contributed by atoms with E-state index in [9.17, 15) is 18.0 Å². The predicted octanol–water partition coefficient (Wildman–Crippen LogP) is 5.19. The molecule has 10 nitrogen and oxygen atoms in total. The lowest BCUT2D eigenvalue weighted by Crippen LogP contribution is -2.54. The normalized spacial score (nSPS) is 19.4. The molecule has 1 fully saturated rings. The van der Waals surface area contributed by atoms with Gasteiger partial charge in [-0.15, -0.1) is 0 Å². The molecule has 2 aromatic rings. The van der Waals surface area contributed by atoms with Gasteiger partial charge in [-0.25, -0.2) is 13.2 Å². The molecule has 2 unspecified atom stereocenters. The molecule has 3 atom stereocenters. The molecule has 0 aliphatic carbocycles. The Bertz CT molecular complexity index is 1330. The Kier molecular flexibility index (Phi) is 11.4. The second-order valence-electron chi connectivity index (χ2n) is 12.5. The zero-order chi connectivity index (χ0) is 32.0. The van der Waals surface area contributed by atoms with E-state index >= 15 is 0 Å². The van der Waals surface area contributed by atoms with Crippen LogP contribution in [0.2, 0.25) is 18.1 Å². The number of nitrogens with zero attached hydrogens (tertiary/aromatic N) is 2. The largest absolute Gasteiger partial charge is 0.497 e. The quantitative estimate of drug-likeness (QED) is 0.232. The van der Waals surface area contributed by atoms with E-state index in [0.29, 0.717) is 5.75 Å². The Morgan fingerprint density at radius 3 is 2.14 bits per heavy atom. The summed E-state index contributed by atoms with van der Waals surface area (Å²) in [7, 11) is -4.50. The molecule has 0 spiro atoms. The summed E-state index contributed by atoms with van der Waals surface area (Å²) >= 11 is 0. The summed E-state index contributed by atoms with van der Waals surface area (Å²) in [6.07, 6.45) is 0.785. The number of benzene rings is 2. The van der Waals surface area contributed by atoms with E-state index in [0.717, 1.165) is 11.1 Å². The summed E-state index contributed by atoms with van der Waals surface area (Å²) in [5, 5.41) is -0.115. The molecule has 1 heterocycles. The van der Waals surface area contributed by atoms with Crippen molar-refractivity contribution in [3.63, 3.8) is 0 Å². The van der Waals surface area contributed by atoms with Crippen molar-refractivity contribution in [2.24, 2.45) is 0 Å². The lowest BCUT2D eigenvalue weighted by molar-refractivity contribution is -0.142. The SMILES string of the molecule is COc1ccc(CN(C2C[C@@H](COC(C)=O)N(C(=O)OCc3ccccc3)C2CO[Si](C)(C)C(C)(C)C)S(C)(=O)=O)cc1. The Morgan fingerprint density at radius 2 is 1.60 bits per heavy atom. The van der Waals surface area contributed by atoms with Crippen molar-refractivity contribution >= 4 is 30.4 Å². The Hall–Kier alpha value is -2.93. The molecule has 0 radical (unpaired) electrons. The summed E-state index contributed by atoms with van der Waals surface area (Å²) in [4.78, 5) is 27.1. The first kappa shape index (κ1) is 34.6. The molecular weight excluding hydrogens is 589 g/mol. The van der Waals surface area contributed by atoms with Crippen LogP contribution in [0.1, 0.15) is 45.2 Å². The first-order chi connectivity index (χ1) is 20.0. The number of ether oxygens (including phenoxy) is 3.